The molecule has 6 heteroatoms. The van der Waals surface area contributed by atoms with Crippen LogP contribution < -0.4 is 10.1 Å². The average Bonchev–Trinajstić information content (AvgIpc) is 3.15. The molecule has 0 saturated heterocycles. The molecule has 0 aliphatic heterocycles. The van der Waals surface area contributed by atoms with Gasteiger partial charge in [0.1, 0.15) is 18.4 Å². The van der Waals surface area contributed by atoms with Crippen molar-refractivity contribution < 1.29 is 9.53 Å². The summed E-state index contributed by atoms with van der Waals surface area (Å²) in [6.07, 6.45) is 3.92. The van der Waals surface area contributed by atoms with Crippen LogP contribution in [0.3, 0.4) is 0 Å². The van der Waals surface area contributed by atoms with Gasteiger partial charge in [0.15, 0.2) is 0 Å². The summed E-state index contributed by atoms with van der Waals surface area (Å²) < 4.78 is 7.41. The van der Waals surface area contributed by atoms with Gasteiger partial charge in [-0.3, -0.25) is 4.79 Å². The van der Waals surface area contributed by atoms with Crippen molar-refractivity contribution in [1.82, 2.24) is 20.1 Å². The summed E-state index contributed by atoms with van der Waals surface area (Å²) in [6.45, 7) is 3.81. The maximum atomic E-state index is 12.2. The van der Waals surface area contributed by atoms with Crippen LogP contribution >= 0.6 is 0 Å². The third-order valence-corrected chi connectivity index (χ3v) is 3.89. The minimum Gasteiger partial charge on any atom is -0.494 e. The van der Waals surface area contributed by atoms with Crippen LogP contribution in [0.15, 0.2) is 61.2 Å². The molecule has 0 unspecified atom stereocenters. The Bertz CT molecular complexity index is 829. The van der Waals surface area contributed by atoms with Crippen molar-refractivity contribution in [2.75, 3.05) is 13.2 Å². The quantitative estimate of drug-likeness (QED) is 0.634. The zero-order valence-electron chi connectivity index (χ0n) is 14.8. The molecule has 0 radical (unpaired) electrons. The van der Waals surface area contributed by atoms with E-state index in [4.69, 9.17) is 4.74 Å². The lowest BCUT2D eigenvalue weighted by atomic mass is 10.1. The molecule has 0 spiro atoms. The second-order valence-corrected chi connectivity index (χ2v) is 6.06. The Kier molecular flexibility index (Phi) is 5.98. The number of carbonyl (C=O) groups excluding carboxylic acids is 1. The molecule has 0 aliphatic carbocycles. The van der Waals surface area contributed by atoms with Gasteiger partial charge in [0, 0.05) is 12.1 Å². The van der Waals surface area contributed by atoms with Gasteiger partial charge in [0.05, 0.1) is 13.2 Å². The third-order valence-electron chi connectivity index (χ3n) is 3.89. The van der Waals surface area contributed by atoms with Crippen molar-refractivity contribution in [3.8, 4) is 5.75 Å². The summed E-state index contributed by atoms with van der Waals surface area (Å²) in [5.41, 5.74) is 2.88. The molecule has 0 bridgehead atoms. The monoisotopic (exact) mass is 350 g/mol. The van der Waals surface area contributed by atoms with Gasteiger partial charge in [-0.1, -0.05) is 24.3 Å². The zero-order valence-corrected chi connectivity index (χ0v) is 14.8. The Labute approximate surface area is 152 Å². The molecule has 0 atom stereocenters. The highest BCUT2D eigenvalue weighted by atomic mass is 16.5. The first kappa shape index (κ1) is 17.7. The Morgan fingerprint density at radius 3 is 2.77 bits per heavy atom. The number of aromatic nitrogens is 3. The Hall–Kier alpha value is -3.15. The molecule has 1 heterocycles. The van der Waals surface area contributed by atoms with E-state index in [1.807, 2.05) is 55.5 Å². The Morgan fingerprint density at radius 1 is 1.19 bits per heavy atom. The van der Waals surface area contributed by atoms with E-state index in [1.54, 1.807) is 11.0 Å². The summed E-state index contributed by atoms with van der Waals surface area (Å²) in [5.74, 6) is 0.784. The summed E-state index contributed by atoms with van der Waals surface area (Å²) in [6, 6.07) is 15.4. The van der Waals surface area contributed by atoms with Crippen LogP contribution in [0.5, 0.6) is 5.75 Å². The van der Waals surface area contributed by atoms with E-state index >= 15 is 0 Å². The summed E-state index contributed by atoms with van der Waals surface area (Å²) in [4.78, 5) is 16.1. The number of rotatable bonds is 8. The maximum Gasteiger partial charge on any atom is 0.251 e. The molecule has 1 amide bonds. The van der Waals surface area contributed by atoms with E-state index < -0.39 is 0 Å². The summed E-state index contributed by atoms with van der Waals surface area (Å²) in [7, 11) is 0. The molecular weight excluding hydrogens is 328 g/mol. The van der Waals surface area contributed by atoms with E-state index in [0.717, 1.165) is 17.7 Å². The largest absolute Gasteiger partial charge is 0.494 e. The SMILES string of the molecule is Cc1cccc(OCCCNC(=O)c2ccc(Cn3cncn3)cc2)c1. The van der Waals surface area contributed by atoms with Gasteiger partial charge in [-0.25, -0.2) is 9.67 Å². The molecule has 0 saturated carbocycles. The molecule has 0 aliphatic rings. The number of amides is 1. The first-order valence-electron chi connectivity index (χ1n) is 8.60. The van der Waals surface area contributed by atoms with Crippen LogP contribution in [0.2, 0.25) is 0 Å². The lowest BCUT2D eigenvalue weighted by Gasteiger charge is -2.08. The first-order chi connectivity index (χ1) is 12.7. The van der Waals surface area contributed by atoms with Crippen molar-refractivity contribution in [3.63, 3.8) is 0 Å². The van der Waals surface area contributed by atoms with E-state index in [-0.39, 0.29) is 5.91 Å². The molecule has 1 N–H and O–H groups in total. The second kappa shape index (κ2) is 8.80. The van der Waals surface area contributed by atoms with Crippen molar-refractivity contribution >= 4 is 5.91 Å². The predicted molar refractivity (Wildman–Crippen MR) is 99.2 cm³/mol. The van der Waals surface area contributed by atoms with Crippen LogP contribution in [0.25, 0.3) is 0 Å². The normalized spacial score (nSPS) is 10.5. The molecule has 134 valence electrons. The molecule has 6 nitrogen and oxygen atoms in total. The van der Waals surface area contributed by atoms with Crippen molar-refractivity contribution in [2.45, 2.75) is 19.9 Å². The average molecular weight is 350 g/mol. The molecule has 3 aromatic rings. The molecular formula is C20H22N4O2. The molecule has 1 aromatic heterocycles. The van der Waals surface area contributed by atoms with Crippen LogP contribution in [0.4, 0.5) is 0 Å². The van der Waals surface area contributed by atoms with E-state index in [9.17, 15) is 4.79 Å². The fraction of sp³-hybridized carbons (Fsp3) is 0.250. The van der Waals surface area contributed by atoms with Gasteiger partial charge >= 0.3 is 0 Å². The van der Waals surface area contributed by atoms with E-state index in [1.165, 1.54) is 11.9 Å². The van der Waals surface area contributed by atoms with Gasteiger partial charge in [-0.2, -0.15) is 5.10 Å². The third kappa shape index (κ3) is 5.17. The highest BCUT2D eigenvalue weighted by Gasteiger charge is 2.05. The number of aryl methyl sites for hydroxylation is 1. The van der Waals surface area contributed by atoms with Crippen LogP contribution in [0, 0.1) is 6.92 Å². The van der Waals surface area contributed by atoms with Crippen molar-refractivity contribution in [3.05, 3.63) is 77.9 Å². The molecule has 26 heavy (non-hydrogen) atoms. The summed E-state index contributed by atoms with van der Waals surface area (Å²) >= 11 is 0. The molecule has 0 fully saturated rings. The van der Waals surface area contributed by atoms with Crippen molar-refractivity contribution in [1.29, 1.82) is 0 Å². The topological polar surface area (TPSA) is 69.0 Å². The van der Waals surface area contributed by atoms with Gasteiger partial charge in [-0.05, 0) is 48.7 Å². The van der Waals surface area contributed by atoms with Crippen LogP contribution in [-0.2, 0) is 6.54 Å². The second-order valence-electron chi connectivity index (χ2n) is 6.06. The van der Waals surface area contributed by atoms with Crippen LogP contribution in [0.1, 0.15) is 27.9 Å². The number of benzene rings is 2. The molecule has 3 rings (SSSR count). The Morgan fingerprint density at radius 2 is 2.04 bits per heavy atom. The minimum atomic E-state index is -0.0761. The standard InChI is InChI=1S/C20H22N4O2/c1-16-4-2-5-19(12-16)26-11-3-10-22-20(25)18-8-6-17(7-9-18)13-24-15-21-14-23-24/h2,4-9,12,14-15H,3,10-11,13H2,1H3,(H,22,25). The van der Waals surface area contributed by atoms with Crippen molar-refractivity contribution in [2.24, 2.45) is 0 Å². The number of nitrogens with one attached hydrogen (secondary N) is 1. The van der Waals surface area contributed by atoms with Gasteiger partial charge in [-0.15, -0.1) is 0 Å². The number of ether oxygens (including phenoxy) is 1. The van der Waals surface area contributed by atoms with E-state index in [0.29, 0.717) is 25.3 Å². The Balaban J connectivity index is 1.39. The maximum absolute atomic E-state index is 12.2. The first-order valence-corrected chi connectivity index (χ1v) is 8.60. The minimum absolute atomic E-state index is 0.0761. The highest BCUT2D eigenvalue weighted by molar-refractivity contribution is 5.94. The number of hydrogen-bond acceptors (Lipinski definition) is 4. The molecule has 2 aromatic carbocycles. The smallest absolute Gasteiger partial charge is 0.251 e. The highest BCUT2D eigenvalue weighted by Crippen LogP contribution is 2.12. The van der Waals surface area contributed by atoms with Gasteiger partial charge < -0.3 is 10.1 Å². The lowest BCUT2D eigenvalue weighted by Crippen LogP contribution is -2.25. The zero-order chi connectivity index (χ0) is 18.2. The lowest BCUT2D eigenvalue weighted by molar-refractivity contribution is 0.0951. The van der Waals surface area contributed by atoms with Crippen LogP contribution in [-0.4, -0.2) is 33.8 Å². The van der Waals surface area contributed by atoms with E-state index in [2.05, 4.69) is 15.4 Å². The number of nitrogens with zero attached hydrogens (tertiary/aromatic N) is 3. The number of hydrogen-bond donors (Lipinski definition) is 1. The fourth-order valence-electron chi connectivity index (χ4n) is 2.53. The fourth-order valence-corrected chi connectivity index (χ4v) is 2.53. The predicted octanol–water partition coefficient (Wildman–Crippen LogP) is 2.83. The van der Waals surface area contributed by atoms with Gasteiger partial charge in [0.25, 0.3) is 5.91 Å². The summed E-state index contributed by atoms with van der Waals surface area (Å²) in [5, 5.41) is 6.98. The van der Waals surface area contributed by atoms with Gasteiger partial charge in [0.2, 0.25) is 0 Å². The number of carbonyl (C=O) groups is 1.